The summed E-state index contributed by atoms with van der Waals surface area (Å²) in [5.41, 5.74) is 0.438. The van der Waals surface area contributed by atoms with Crippen molar-refractivity contribution in [1.82, 2.24) is 19.5 Å². The van der Waals surface area contributed by atoms with Gasteiger partial charge in [-0.1, -0.05) is 25.1 Å². The van der Waals surface area contributed by atoms with Crippen molar-refractivity contribution in [2.45, 2.75) is 52.9 Å². The second kappa shape index (κ2) is 12.2. The van der Waals surface area contributed by atoms with E-state index in [0.29, 0.717) is 41.0 Å². The molecule has 3 aromatic rings. The zero-order valence-corrected chi connectivity index (χ0v) is 22.3. The molecule has 3 aromatic heterocycles. The summed E-state index contributed by atoms with van der Waals surface area (Å²) in [7, 11) is 0. The van der Waals surface area contributed by atoms with Crippen molar-refractivity contribution in [2.75, 3.05) is 0 Å². The predicted octanol–water partition coefficient (Wildman–Crippen LogP) is 5.16. The molecule has 1 N–H and O–H groups in total. The molecule has 0 spiro atoms. The Hall–Kier alpha value is -3.76. The lowest BCUT2D eigenvalue weighted by molar-refractivity contribution is 0.0684. The van der Waals surface area contributed by atoms with Crippen LogP contribution in [-0.2, 0) is 18.8 Å². The standard InChI is InChI=1S/C27H28ClF2N5O3/c1-6-17(12-31-14-19-8-9-32-26(34-19)27(4,5)37)22(7-2)35-16(3)10-23(24(28)25(35)36)38-15-21-20(30)11-18(29)13-33-21/h7-13,37H,2,6,14-15H2,1,3-5H3/b22-17+,31-12-. The third-order valence-electron chi connectivity index (χ3n) is 5.45. The smallest absolute Gasteiger partial charge is 0.277 e. The Morgan fingerprint density at radius 3 is 2.68 bits per heavy atom. The van der Waals surface area contributed by atoms with Crippen molar-refractivity contribution in [3.63, 3.8) is 0 Å². The zero-order chi connectivity index (χ0) is 28.0. The number of aliphatic imine (C=N–C) groups is 1. The highest BCUT2D eigenvalue weighted by atomic mass is 35.5. The lowest BCUT2D eigenvalue weighted by Gasteiger charge is -2.17. The van der Waals surface area contributed by atoms with Crippen molar-refractivity contribution in [2.24, 2.45) is 4.99 Å². The first-order chi connectivity index (χ1) is 18.0. The molecule has 0 amide bonds. The molecule has 0 unspecified atom stereocenters. The average molecular weight is 544 g/mol. The van der Waals surface area contributed by atoms with Gasteiger partial charge in [0.25, 0.3) is 5.56 Å². The van der Waals surface area contributed by atoms with Gasteiger partial charge >= 0.3 is 0 Å². The molecule has 3 heterocycles. The third kappa shape index (κ3) is 6.76. The van der Waals surface area contributed by atoms with E-state index in [4.69, 9.17) is 16.3 Å². The molecule has 0 aromatic carbocycles. The second-order valence-corrected chi connectivity index (χ2v) is 9.22. The van der Waals surface area contributed by atoms with Gasteiger partial charge in [-0.3, -0.25) is 19.3 Å². The van der Waals surface area contributed by atoms with Crippen LogP contribution in [0.4, 0.5) is 8.78 Å². The highest BCUT2D eigenvalue weighted by Gasteiger charge is 2.20. The molecule has 11 heteroatoms. The van der Waals surface area contributed by atoms with Crippen LogP contribution in [0.2, 0.25) is 5.02 Å². The number of halogens is 3. The summed E-state index contributed by atoms with van der Waals surface area (Å²) in [6, 6.07) is 3.94. The minimum Gasteiger partial charge on any atom is -0.485 e. The Labute approximate surface area is 224 Å². The monoisotopic (exact) mass is 543 g/mol. The average Bonchev–Trinajstić information content (AvgIpc) is 2.87. The maximum atomic E-state index is 13.9. The van der Waals surface area contributed by atoms with Crippen molar-refractivity contribution >= 4 is 23.5 Å². The maximum Gasteiger partial charge on any atom is 0.277 e. The van der Waals surface area contributed by atoms with Crippen LogP contribution >= 0.6 is 11.6 Å². The number of hydrogen-bond acceptors (Lipinski definition) is 7. The largest absolute Gasteiger partial charge is 0.485 e. The van der Waals surface area contributed by atoms with Gasteiger partial charge < -0.3 is 9.84 Å². The molecule has 0 bridgehead atoms. The fraction of sp³-hybridized carbons (Fsp3) is 0.296. The topological polar surface area (TPSA) is 102 Å². The van der Waals surface area contributed by atoms with Gasteiger partial charge in [0.05, 0.1) is 24.1 Å². The van der Waals surface area contributed by atoms with E-state index >= 15 is 0 Å². The SMILES string of the molecule is C=C/C(=C(\C=N/Cc1ccnc(C(C)(C)O)n1)CC)n1c(C)cc(OCc2ncc(F)cc2F)c(Cl)c1=O. The number of nitrogens with zero attached hydrogens (tertiary/aromatic N) is 5. The minimum absolute atomic E-state index is 0.0393. The summed E-state index contributed by atoms with van der Waals surface area (Å²) in [6.45, 7) is 10.5. The molecular weight excluding hydrogens is 516 g/mol. The van der Waals surface area contributed by atoms with Gasteiger partial charge in [-0.15, -0.1) is 0 Å². The molecule has 38 heavy (non-hydrogen) atoms. The van der Waals surface area contributed by atoms with Crippen LogP contribution in [0, 0.1) is 18.6 Å². The fourth-order valence-corrected chi connectivity index (χ4v) is 3.71. The normalized spacial score (nSPS) is 12.5. The van der Waals surface area contributed by atoms with Crippen LogP contribution in [0.25, 0.3) is 5.70 Å². The van der Waals surface area contributed by atoms with E-state index in [1.807, 2.05) is 6.92 Å². The molecule has 0 aliphatic rings. The van der Waals surface area contributed by atoms with E-state index in [0.717, 1.165) is 6.20 Å². The summed E-state index contributed by atoms with van der Waals surface area (Å²) in [4.78, 5) is 29.8. The van der Waals surface area contributed by atoms with Gasteiger partial charge in [-0.25, -0.2) is 18.7 Å². The quantitative estimate of drug-likeness (QED) is 0.280. The number of aromatic nitrogens is 4. The maximum absolute atomic E-state index is 13.9. The van der Waals surface area contributed by atoms with Crippen molar-refractivity contribution in [1.29, 1.82) is 0 Å². The van der Waals surface area contributed by atoms with Crippen LogP contribution in [0.1, 0.15) is 50.1 Å². The summed E-state index contributed by atoms with van der Waals surface area (Å²) in [5, 5.41) is 9.92. The molecule has 0 aliphatic heterocycles. The van der Waals surface area contributed by atoms with E-state index in [9.17, 15) is 18.7 Å². The van der Waals surface area contributed by atoms with Crippen LogP contribution in [0.3, 0.4) is 0 Å². The van der Waals surface area contributed by atoms with Crippen molar-refractivity contribution < 1.29 is 18.6 Å². The summed E-state index contributed by atoms with van der Waals surface area (Å²) in [6.07, 6.45) is 6.13. The summed E-state index contributed by atoms with van der Waals surface area (Å²) >= 11 is 6.33. The summed E-state index contributed by atoms with van der Waals surface area (Å²) < 4.78 is 33.9. The first kappa shape index (κ1) is 28.8. The van der Waals surface area contributed by atoms with Crippen molar-refractivity contribution in [3.8, 4) is 5.75 Å². The first-order valence-corrected chi connectivity index (χ1v) is 12.1. The zero-order valence-electron chi connectivity index (χ0n) is 21.5. The van der Waals surface area contributed by atoms with Gasteiger partial charge in [-0.2, -0.15) is 0 Å². The van der Waals surface area contributed by atoms with Gasteiger partial charge in [-0.05, 0) is 44.9 Å². The van der Waals surface area contributed by atoms with Crippen LogP contribution in [0.5, 0.6) is 5.75 Å². The number of pyridine rings is 2. The first-order valence-electron chi connectivity index (χ1n) is 11.7. The molecule has 3 rings (SSSR count). The van der Waals surface area contributed by atoms with Gasteiger partial charge in [0.1, 0.15) is 34.5 Å². The van der Waals surface area contributed by atoms with E-state index in [-0.39, 0.29) is 29.6 Å². The van der Waals surface area contributed by atoms with Crippen LogP contribution in [-0.4, -0.2) is 30.8 Å². The third-order valence-corrected chi connectivity index (χ3v) is 5.80. The van der Waals surface area contributed by atoms with E-state index in [1.54, 1.807) is 39.2 Å². The molecule has 0 saturated carbocycles. The summed E-state index contributed by atoms with van der Waals surface area (Å²) in [5.74, 6) is -1.34. The minimum atomic E-state index is -1.18. The van der Waals surface area contributed by atoms with E-state index < -0.39 is 22.8 Å². The molecule has 0 saturated heterocycles. The highest BCUT2D eigenvalue weighted by molar-refractivity contribution is 6.31. The number of ether oxygens (including phenoxy) is 1. The molecule has 8 nitrogen and oxygen atoms in total. The Morgan fingerprint density at radius 1 is 1.32 bits per heavy atom. The molecular formula is C27H28ClF2N5O3. The van der Waals surface area contributed by atoms with Crippen LogP contribution in [0.15, 0.2) is 58.6 Å². The Morgan fingerprint density at radius 2 is 2.05 bits per heavy atom. The molecule has 0 radical (unpaired) electrons. The Bertz CT molecular complexity index is 1460. The van der Waals surface area contributed by atoms with Gasteiger partial charge in [0.15, 0.2) is 11.6 Å². The number of rotatable bonds is 10. The number of aliphatic hydroxyl groups is 1. The predicted molar refractivity (Wildman–Crippen MR) is 142 cm³/mol. The fourth-order valence-electron chi connectivity index (χ4n) is 3.51. The van der Waals surface area contributed by atoms with Crippen LogP contribution < -0.4 is 10.3 Å². The van der Waals surface area contributed by atoms with Gasteiger partial charge in [0, 0.05) is 30.2 Å². The number of aryl methyl sites for hydroxylation is 1. The second-order valence-electron chi connectivity index (χ2n) is 8.84. The number of hydrogen-bond donors (Lipinski definition) is 1. The molecule has 0 aliphatic carbocycles. The number of allylic oxidation sites excluding steroid dienone is 3. The molecule has 200 valence electrons. The van der Waals surface area contributed by atoms with E-state index in [1.165, 1.54) is 16.7 Å². The van der Waals surface area contributed by atoms with Crippen molar-refractivity contribution in [3.05, 3.63) is 98.7 Å². The lowest BCUT2D eigenvalue weighted by atomic mass is 10.1. The Kier molecular flexibility index (Phi) is 9.24. The Balaban J connectivity index is 1.90. The lowest BCUT2D eigenvalue weighted by Crippen LogP contribution is -2.23. The van der Waals surface area contributed by atoms with E-state index in [2.05, 4.69) is 26.5 Å². The van der Waals surface area contributed by atoms with Gasteiger partial charge in [0.2, 0.25) is 0 Å². The molecule has 0 fully saturated rings. The molecule has 0 atom stereocenters. The highest BCUT2D eigenvalue weighted by Crippen LogP contribution is 2.26.